The van der Waals surface area contributed by atoms with Gasteiger partial charge in [0.1, 0.15) is 0 Å². The molecule has 0 aromatic heterocycles. The SMILES string of the molecule is C[C@H]1OC(=O)C(C)(C)OC1=O. The van der Waals surface area contributed by atoms with E-state index in [1.54, 1.807) is 0 Å². The fourth-order valence-electron chi connectivity index (χ4n) is 0.727. The molecule has 1 heterocycles. The van der Waals surface area contributed by atoms with Gasteiger partial charge in [0, 0.05) is 0 Å². The van der Waals surface area contributed by atoms with Crippen molar-refractivity contribution in [2.45, 2.75) is 32.5 Å². The number of carbonyl (C=O) groups excluding carboxylic acids is 2. The molecule has 0 unspecified atom stereocenters. The van der Waals surface area contributed by atoms with E-state index in [-0.39, 0.29) is 0 Å². The highest BCUT2D eigenvalue weighted by Gasteiger charge is 2.42. The van der Waals surface area contributed by atoms with Crippen molar-refractivity contribution < 1.29 is 19.1 Å². The Bertz CT molecular complexity index is 206. The molecule has 0 aromatic rings. The Morgan fingerprint density at radius 3 is 2.36 bits per heavy atom. The first-order valence-electron chi connectivity index (χ1n) is 3.37. The van der Waals surface area contributed by atoms with Gasteiger partial charge in [0.15, 0.2) is 6.10 Å². The quantitative estimate of drug-likeness (QED) is 0.474. The fourth-order valence-corrected chi connectivity index (χ4v) is 0.727. The van der Waals surface area contributed by atoms with Crippen LogP contribution < -0.4 is 0 Å². The van der Waals surface area contributed by atoms with Crippen LogP contribution in [-0.2, 0) is 19.1 Å². The Balaban J connectivity index is 2.79. The molecule has 1 fully saturated rings. The van der Waals surface area contributed by atoms with Gasteiger partial charge < -0.3 is 9.47 Å². The molecule has 1 aliphatic heterocycles. The van der Waals surface area contributed by atoms with Crippen molar-refractivity contribution in [3.63, 3.8) is 0 Å². The number of hydrogen-bond acceptors (Lipinski definition) is 4. The van der Waals surface area contributed by atoms with Gasteiger partial charge in [-0.05, 0) is 20.8 Å². The first kappa shape index (κ1) is 8.04. The van der Waals surface area contributed by atoms with Crippen LogP contribution in [-0.4, -0.2) is 23.6 Å². The van der Waals surface area contributed by atoms with Crippen LogP contribution in [0.4, 0.5) is 0 Å². The number of cyclic esters (lactones) is 2. The molecule has 0 saturated carbocycles. The van der Waals surface area contributed by atoms with Crippen LogP contribution in [0.3, 0.4) is 0 Å². The molecule has 62 valence electrons. The predicted octanol–water partition coefficient (Wildman–Crippen LogP) is 0.253. The van der Waals surface area contributed by atoms with Crippen molar-refractivity contribution >= 4 is 11.9 Å². The largest absolute Gasteiger partial charge is 0.448 e. The lowest BCUT2D eigenvalue weighted by atomic mass is 10.1. The number of carbonyl (C=O) groups is 2. The minimum absolute atomic E-state index is 0.491. The molecular formula is C7H10O4. The zero-order valence-corrected chi connectivity index (χ0v) is 6.71. The van der Waals surface area contributed by atoms with Crippen LogP contribution in [0.1, 0.15) is 20.8 Å². The molecule has 1 saturated heterocycles. The topological polar surface area (TPSA) is 52.6 Å². The summed E-state index contributed by atoms with van der Waals surface area (Å²) >= 11 is 0. The smallest absolute Gasteiger partial charge is 0.350 e. The van der Waals surface area contributed by atoms with Gasteiger partial charge in [-0.2, -0.15) is 0 Å². The maximum Gasteiger partial charge on any atom is 0.350 e. The van der Waals surface area contributed by atoms with Gasteiger partial charge >= 0.3 is 11.9 Å². The third-order valence-electron chi connectivity index (χ3n) is 1.46. The molecule has 1 aliphatic rings. The van der Waals surface area contributed by atoms with Crippen LogP contribution in [0, 0.1) is 0 Å². The van der Waals surface area contributed by atoms with Crippen LogP contribution in [0.2, 0.25) is 0 Å². The van der Waals surface area contributed by atoms with Gasteiger partial charge in [-0.25, -0.2) is 9.59 Å². The van der Waals surface area contributed by atoms with Crippen molar-refractivity contribution in [3.05, 3.63) is 0 Å². The molecule has 1 rings (SSSR count). The zero-order chi connectivity index (χ0) is 8.65. The number of ether oxygens (including phenoxy) is 2. The summed E-state index contributed by atoms with van der Waals surface area (Å²) in [6, 6.07) is 0. The van der Waals surface area contributed by atoms with Crippen molar-refractivity contribution in [3.8, 4) is 0 Å². The van der Waals surface area contributed by atoms with E-state index in [1.165, 1.54) is 20.8 Å². The monoisotopic (exact) mass is 158 g/mol. The molecule has 0 aromatic carbocycles. The van der Waals surface area contributed by atoms with Crippen molar-refractivity contribution in [2.24, 2.45) is 0 Å². The summed E-state index contributed by atoms with van der Waals surface area (Å²) in [5.41, 5.74) is -1.12. The third-order valence-corrected chi connectivity index (χ3v) is 1.46. The van der Waals surface area contributed by atoms with Crippen LogP contribution in [0.15, 0.2) is 0 Å². The highest BCUT2D eigenvalue weighted by Crippen LogP contribution is 2.19. The molecule has 0 N–H and O–H groups in total. The first-order valence-corrected chi connectivity index (χ1v) is 3.37. The minimum Gasteiger partial charge on any atom is -0.448 e. The standard InChI is InChI=1S/C7H10O4/c1-4-5(8)11-7(2,3)6(9)10-4/h4H,1-3H3/t4-/m1/s1. The third kappa shape index (κ3) is 1.34. The lowest BCUT2D eigenvalue weighted by Gasteiger charge is -2.30. The van der Waals surface area contributed by atoms with Crippen LogP contribution >= 0.6 is 0 Å². The first-order chi connectivity index (χ1) is 4.93. The van der Waals surface area contributed by atoms with Crippen LogP contribution in [0.5, 0.6) is 0 Å². The summed E-state index contributed by atoms with van der Waals surface area (Å²) in [5.74, 6) is -0.987. The Labute approximate surface area is 64.5 Å². The maximum atomic E-state index is 11.0. The van der Waals surface area contributed by atoms with E-state index in [0.29, 0.717) is 0 Å². The Kier molecular flexibility index (Phi) is 1.62. The Morgan fingerprint density at radius 2 is 1.91 bits per heavy atom. The number of esters is 2. The number of hydrogen-bond donors (Lipinski definition) is 0. The van der Waals surface area contributed by atoms with Gasteiger partial charge in [-0.3, -0.25) is 0 Å². The van der Waals surface area contributed by atoms with Crippen LogP contribution in [0.25, 0.3) is 0 Å². The summed E-state index contributed by atoms with van der Waals surface area (Å²) in [5, 5.41) is 0. The summed E-state index contributed by atoms with van der Waals surface area (Å²) in [6.45, 7) is 4.48. The molecule has 0 bridgehead atoms. The molecule has 1 atom stereocenters. The average molecular weight is 158 g/mol. The maximum absolute atomic E-state index is 11.0. The highest BCUT2D eigenvalue weighted by molar-refractivity contribution is 5.89. The lowest BCUT2D eigenvalue weighted by molar-refractivity contribution is -0.204. The van der Waals surface area contributed by atoms with Gasteiger partial charge in [-0.1, -0.05) is 0 Å². The molecular weight excluding hydrogens is 148 g/mol. The summed E-state index contributed by atoms with van der Waals surface area (Å²) < 4.78 is 9.48. The van der Waals surface area contributed by atoms with Crippen molar-refractivity contribution in [1.29, 1.82) is 0 Å². The van der Waals surface area contributed by atoms with E-state index in [4.69, 9.17) is 9.47 Å². The molecule has 4 nitrogen and oxygen atoms in total. The molecule has 11 heavy (non-hydrogen) atoms. The van der Waals surface area contributed by atoms with Gasteiger partial charge in [0.05, 0.1) is 0 Å². The average Bonchev–Trinajstić information content (AvgIpc) is 1.83. The summed E-state index contributed by atoms with van der Waals surface area (Å²) in [6.07, 6.45) is -0.768. The van der Waals surface area contributed by atoms with Gasteiger partial charge in [0.2, 0.25) is 5.60 Å². The molecule has 0 spiro atoms. The normalized spacial score (nSPS) is 29.2. The van der Waals surface area contributed by atoms with Crippen molar-refractivity contribution in [1.82, 2.24) is 0 Å². The van der Waals surface area contributed by atoms with Gasteiger partial charge in [-0.15, -0.1) is 0 Å². The second-order valence-corrected chi connectivity index (χ2v) is 2.98. The fraction of sp³-hybridized carbons (Fsp3) is 0.714. The summed E-state index contributed by atoms with van der Waals surface area (Å²) in [7, 11) is 0. The number of rotatable bonds is 0. The van der Waals surface area contributed by atoms with E-state index in [0.717, 1.165) is 0 Å². The molecule has 0 radical (unpaired) electrons. The Hall–Kier alpha value is -1.06. The van der Waals surface area contributed by atoms with E-state index in [2.05, 4.69) is 0 Å². The van der Waals surface area contributed by atoms with E-state index in [9.17, 15) is 9.59 Å². The molecule has 0 amide bonds. The van der Waals surface area contributed by atoms with Crippen molar-refractivity contribution in [2.75, 3.05) is 0 Å². The second-order valence-electron chi connectivity index (χ2n) is 2.98. The molecule has 4 heteroatoms. The van der Waals surface area contributed by atoms with E-state index in [1.807, 2.05) is 0 Å². The van der Waals surface area contributed by atoms with Gasteiger partial charge in [0.25, 0.3) is 0 Å². The highest BCUT2D eigenvalue weighted by atomic mass is 16.7. The minimum atomic E-state index is -1.12. The lowest BCUT2D eigenvalue weighted by Crippen LogP contribution is -2.49. The Morgan fingerprint density at radius 1 is 1.36 bits per heavy atom. The zero-order valence-electron chi connectivity index (χ0n) is 6.71. The van der Waals surface area contributed by atoms with E-state index >= 15 is 0 Å². The second kappa shape index (κ2) is 2.22. The summed E-state index contributed by atoms with van der Waals surface area (Å²) in [4.78, 5) is 21.8. The predicted molar refractivity (Wildman–Crippen MR) is 35.7 cm³/mol. The van der Waals surface area contributed by atoms with E-state index < -0.39 is 23.6 Å². The molecule has 0 aliphatic carbocycles.